The van der Waals surface area contributed by atoms with E-state index in [9.17, 15) is 4.79 Å². The molecule has 1 aliphatic rings. The van der Waals surface area contributed by atoms with Crippen molar-refractivity contribution in [3.8, 4) is 0 Å². The monoisotopic (exact) mass is 282 g/mol. The van der Waals surface area contributed by atoms with Crippen LogP contribution in [0.2, 0.25) is 0 Å². The first-order valence-corrected chi connectivity index (χ1v) is 6.98. The Hall–Kier alpha value is -2.70. The average Bonchev–Trinajstić information content (AvgIpc) is 3.03. The molecule has 0 bridgehead atoms. The molecule has 7 nitrogen and oxygen atoms in total. The summed E-state index contributed by atoms with van der Waals surface area (Å²) >= 11 is 0. The van der Waals surface area contributed by atoms with Gasteiger partial charge in [-0.2, -0.15) is 10.1 Å². The number of fused-ring (bicyclic) bond motifs is 1. The Morgan fingerprint density at radius 2 is 2.05 bits per heavy atom. The fourth-order valence-corrected chi connectivity index (χ4v) is 2.49. The third kappa shape index (κ3) is 2.06. The van der Waals surface area contributed by atoms with Crippen LogP contribution in [-0.2, 0) is 0 Å². The molecule has 0 atom stereocenters. The van der Waals surface area contributed by atoms with Crippen molar-refractivity contribution in [1.29, 1.82) is 0 Å². The van der Waals surface area contributed by atoms with Gasteiger partial charge in [0, 0.05) is 11.3 Å². The molecule has 4 rings (SSSR count). The molecular formula is C14H14N6O. The number of nitrogens with zero attached hydrogens (tertiary/aromatic N) is 3. The average molecular weight is 282 g/mol. The Labute approximate surface area is 120 Å². The van der Waals surface area contributed by atoms with E-state index in [2.05, 4.69) is 30.7 Å². The van der Waals surface area contributed by atoms with Gasteiger partial charge in [0.05, 0.1) is 5.52 Å². The van der Waals surface area contributed by atoms with E-state index in [0.717, 1.165) is 29.6 Å². The normalized spacial score (nSPS) is 15.0. The number of aromatic amines is 2. The van der Waals surface area contributed by atoms with Crippen molar-refractivity contribution in [3.05, 3.63) is 35.8 Å². The number of rotatable bonds is 3. The van der Waals surface area contributed by atoms with Crippen molar-refractivity contribution in [2.45, 2.75) is 25.2 Å². The van der Waals surface area contributed by atoms with Crippen molar-refractivity contribution in [2.24, 2.45) is 0 Å². The molecule has 0 aliphatic heterocycles. The van der Waals surface area contributed by atoms with Crippen molar-refractivity contribution in [3.63, 3.8) is 0 Å². The van der Waals surface area contributed by atoms with E-state index in [1.54, 1.807) is 0 Å². The molecule has 2 heterocycles. The number of carbonyl (C=O) groups is 1. The van der Waals surface area contributed by atoms with Crippen molar-refractivity contribution in [1.82, 2.24) is 25.4 Å². The zero-order chi connectivity index (χ0) is 14.2. The highest BCUT2D eigenvalue weighted by Crippen LogP contribution is 2.34. The number of carbonyl (C=O) groups excluding carboxylic acids is 1. The van der Waals surface area contributed by atoms with Crippen LogP contribution in [0, 0.1) is 0 Å². The number of anilines is 1. The minimum atomic E-state index is -0.313. The van der Waals surface area contributed by atoms with E-state index in [1.807, 2.05) is 24.3 Å². The Bertz CT molecular complexity index is 801. The number of benzene rings is 1. The molecule has 106 valence electrons. The fraction of sp³-hybridized carbons (Fsp3) is 0.286. The number of hydrogen-bond donors (Lipinski definition) is 3. The second-order valence-corrected chi connectivity index (χ2v) is 5.24. The molecule has 3 N–H and O–H groups in total. The quantitative estimate of drug-likeness (QED) is 0.685. The van der Waals surface area contributed by atoms with Crippen LogP contribution < -0.4 is 5.32 Å². The summed E-state index contributed by atoms with van der Waals surface area (Å²) in [6.07, 6.45) is 3.49. The van der Waals surface area contributed by atoms with Crippen LogP contribution in [0.3, 0.4) is 0 Å². The summed E-state index contributed by atoms with van der Waals surface area (Å²) < 4.78 is 0. The first-order valence-electron chi connectivity index (χ1n) is 6.98. The lowest BCUT2D eigenvalue weighted by molar-refractivity contribution is 0.102. The third-order valence-electron chi connectivity index (χ3n) is 3.91. The molecular weight excluding hydrogens is 268 g/mol. The Kier molecular flexibility index (Phi) is 2.70. The zero-order valence-corrected chi connectivity index (χ0v) is 11.3. The van der Waals surface area contributed by atoms with E-state index >= 15 is 0 Å². The lowest BCUT2D eigenvalue weighted by atomic mass is 9.85. The molecule has 1 aromatic carbocycles. The summed E-state index contributed by atoms with van der Waals surface area (Å²) in [7, 11) is 0. The van der Waals surface area contributed by atoms with E-state index < -0.39 is 0 Å². The smallest absolute Gasteiger partial charge is 0.279 e. The minimum absolute atomic E-state index is 0.300. The predicted octanol–water partition coefficient (Wildman–Crippen LogP) is 2.20. The van der Waals surface area contributed by atoms with Gasteiger partial charge in [0.15, 0.2) is 5.69 Å². The number of nitrogens with one attached hydrogen (secondary N) is 3. The van der Waals surface area contributed by atoms with Gasteiger partial charge in [-0.25, -0.2) is 0 Å². The van der Waals surface area contributed by atoms with Crippen molar-refractivity contribution in [2.75, 3.05) is 5.32 Å². The van der Waals surface area contributed by atoms with Crippen LogP contribution in [0.4, 0.5) is 5.95 Å². The molecule has 3 aromatic rings. The number of hydrogen-bond acceptors (Lipinski definition) is 4. The molecule has 0 spiro atoms. The molecule has 0 radical (unpaired) electrons. The summed E-state index contributed by atoms with van der Waals surface area (Å²) in [6.45, 7) is 0. The summed E-state index contributed by atoms with van der Waals surface area (Å²) in [5, 5.41) is 17.3. The van der Waals surface area contributed by atoms with E-state index in [1.165, 1.54) is 6.42 Å². The fourth-order valence-electron chi connectivity index (χ4n) is 2.49. The van der Waals surface area contributed by atoms with Crippen LogP contribution in [0.1, 0.15) is 41.5 Å². The van der Waals surface area contributed by atoms with Crippen LogP contribution in [-0.4, -0.2) is 31.3 Å². The van der Waals surface area contributed by atoms with Gasteiger partial charge in [-0.1, -0.05) is 24.6 Å². The lowest BCUT2D eigenvalue weighted by Gasteiger charge is -2.22. The number of para-hydroxylation sites is 1. The van der Waals surface area contributed by atoms with Gasteiger partial charge in [-0.05, 0) is 18.9 Å². The summed E-state index contributed by atoms with van der Waals surface area (Å²) in [6, 6.07) is 7.49. The van der Waals surface area contributed by atoms with Gasteiger partial charge in [-0.15, -0.1) is 5.10 Å². The molecule has 21 heavy (non-hydrogen) atoms. The molecule has 0 unspecified atom stereocenters. The second kappa shape index (κ2) is 4.69. The predicted molar refractivity (Wildman–Crippen MR) is 77.0 cm³/mol. The van der Waals surface area contributed by atoms with Crippen LogP contribution in [0.25, 0.3) is 10.9 Å². The lowest BCUT2D eigenvalue weighted by Crippen LogP contribution is -2.14. The van der Waals surface area contributed by atoms with Gasteiger partial charge in [-0.3, -0.25) is 20.3 Å². The number of amides is 1. The Morgan fingerprint density at radius 1 is 1.19 bits per heavy atom. The first-order chi connectivity index (χ1) is 10.3. The summed E-state index contributed by atoms with van der Waals surface area (Å²) in [5.74, 6) is 1.29. The van der Waals surface area contributed by atoms with Gasteiger partial charge in [0.25, 0.3) is 5.91 Å². The SMILES string of the molecule is O=C(Nc1n[nH]c(C2CCC2)n1)c1n[nH]c2ccccc12. The third-order valence-corrected chi connectivity index (χ3v) is 3.91. The summed E-state index contributed by atoms with van der Waals surface area (Å²) in [4.78, 5) is 16.6. The molecule has 7 heteroatoms. The van der Waals surface area contributed by atoms with Crippen LogP contribution >= 0.6 is 0 Å². The molecule has 1 amide bonds. The first kappa shape index (κ1) is 12.1. The maximum atomic E-state index is 12.3. The van der Waals surface area contributed by atoms with E-state index in [0.29, 0.717) is 17.6 Å². The Balaban J connectivity index is 1.56. The molecule has 1 saturated carbocycles. The van der Waals surface area contributed by atoms with Crippen molar-refractivity contribution >= 4 is 22.8 Å². The Morgan fingerprint density at radius 3 is 2.86 bits per heavy atom. The molecule has 2 aromatic heterocycles. The van der Waals surface area contributed by atoms with E-state index in [-0.39, 0.29) is 5.91 Å². The van der Waals surface area contributed by atoms with Gasteiger partial charge in [0.1, 0.15) is 5.82 Å². The topological polar surface area (TPSA) is 99.3 Å². The van der Waals surface area contributed by atoms with Gasteiger partial charge >= 0.3 is 0 Å². The molecule has 1 fully saturated rings. The zero-order valence-electron chi connectivity index (χ0n) is 11.3. The highest BCUT2D eigenvalue weighted by molar-refractivity contribution is 6.10. The molecule has 1 aliphatic carbocycles. The largest absolute Gasteiger partial charge is 0.288 e. The number of H-pyrrole nitrogens is 2. The molecule has 0 saturated heterocycles. The highest BCUT2D eigenvalue weighted by atomic mass is 16.2. The standard InChI is InChI=1S/C14H14N6O/c21-13(11-9-6-1-2-7-10(9)17-18-11)16-14-15-12(19-20-14)8-4-3-5-8/h1-2,6-8H,3-5H2,(H,17,18)(H2,15,16,19,20,21). The van der Waals surface area contributed by atoms with Crippen LogP contribution in [0.5, 0.6) is 0 Å². The number of aromatic nitrogens is 5. The van der Waals surface area contributed by atoms with Crippen LogP contribution in [0.15, 0.2) is 24.3 Å². The van der Waals surface area contributed by atoms with E-state index in [4.69, 9.17) is 0 Å². The summed E-state index contributed by atoms with van der Waals surface area (Å²) in [5.41, 5.74) is 1.17. The van der Waals surface area contributed by atoms with Gasteiger partial charge < -0.3 is 0 Å². The maximum absolute atomic E-state index is 12.3. The minimum Gasteiger partial charge on any atom is -0.288 e. The van der Waals surface area contributed by atoms with Crippen molar-refractivity contribution < 1.29 is 4.79 Å². The maximum Gasteiger partial charge on any atom is 0.279 e. The second-order valence-electron chi connectivity index (χ2n) is 5.24. The van der Waals surface area contributed by atoms with Gasteiger partial charge in [0.2, 0.25) is 5.95 Å². The highest BCUT2D eigenvalue weighted by Gasteiger charge is 2.23.